The lowest BCUT2D eigenvalue weighted by Crippen LogP contribution is -2.29. The van der Waals surface area contributed by atoms with Crippen LogP contribution in [0.25, 0.3) is 0 Å². The molecule has 0 aliphatic rings. The molecule has 1 N–H and O–H groups in total. The quantitative estimate of drug-likeness (QED) is 0.763. The van der Waals surface area contributed by atoms with E-state index in [1.807, 2.05) is 6.07 Å². The average Bonchev–Trinajstić information content (AvgIpc) is 2.35. The van der Waals surface area contributed by atoms with Gasteiger partial charge in [0.25, 0.3) is 0 Å². The lowest BCUT2D eigenvalue weighted by atomic mass is 10.1. The highest BCUT2D eigenvalue weighted by atomic mass is 16.5. The molecule has 0 radical (unpaired) electrons. The lowest BCUT2D eigenvalue weighted by molar-refractivity contribution is -0.00426. The van der Waals surface area contributed by atoms with E-state index in [0.717, 1.165) is 19.5 Å². The fourth-order valence-electron chi connectivity index (χ4n) is 1.69. The van der Waals surface area contributed by atoms with Crippen LogP contribution >= 0.6 is 0 Å². The minimum absolute atomic E-state index is 0.171. The van der Waals surface area contributed by atoms with Crippen LogP contribution in [-0.4, -0.2) is 19.2 Å². The Balaban J connectivity index is 2.45. The molecule has 0 bridgehead atoms. The van der Waals surface area contributed by atoms with Crippen molar-refractivity contribution in [1.29, 1.82) is 0 Å². The van der Waals surface area contributed by atoms with E-state index in [4.69, 9.17) is 4.74 Å². The van der Waals surface area contributed by atoms with E-state index in [-0.39, 0.29) is 6.10 Å². The van der Waals surface area contributed by atoms with E-state index in [1.165, 1.54) is 5.56 Å². The molecule has 0 spiro atoms. The SMILES string of the molecule is CCNCC(CC)OC(C)c1ccccc1. The second-order valence-corrected chi connectivity index (χ2v) is 4.03. The van der Waals surface area contributed by atoms with Crippen molar-refractivity contribution in [2.75, 3.05) is 13.1 Å². The summed E-state index contributed by atoms with van der Waals surface area (Å²) in [4.78, 5) is 0. The summed E-state index contributed by atoms with van der Waals surface area (Å²) in [6.45, 7) is 8.33. The zero-order chi connectivity index (χ0) is 11.8. The predicted octanol–water partition coefficient (Wildman–Crippen LogP) is 3.15. The summed E-state index contributed by atoms with van der Waals surface area (Å²) < 4.78 is 6.03. The van der Waals surface area contributed by atoms with Crippen molar-refractivity contribution in [1.82, 2.24) is 5.32 Å². The van der Waals surface area contributed by atoms with Crippen molar-refractivity contribution in [2.45, 2.75) is 39.4 Å². The molecule has 0 saturated carbocycles. The molecule has 0 saturated heterocycles. The predicted molar refractivity (Wildman–Crippen MR) is 68.6 cm³/mol. The molecule has 1 rings (SSSR count). The molecule has 2 nitrogen and oxygen atoms in total. The smallest absolute Gasteiger partial charge is 0.0801 e. The van der Waals surface area contributed by atoms with Gasteiger partial charge in [0.05, 0.1) is 12.2 Å². The second kappa shape index (κ2) is 7.42. The number of benzene rings is 1. The van der Waals surface area contributed by atoms with Crippen LogP contribution in [0, 0.1) is 0 Å². The second-order valence-electron chi connectivity index (χ2n) is 4.03. The molecule has 0 fully saturated rings. The van der Waals surface area contributed by atoms with Gasteiger partial charge in [-0.05, 0) is 25.5 Å². The Bertz CT molecular complexity index is 273. The van der Waals surface area contributed by atoms with Crippen LogP contribution in [0.5, 0.6) is 0 Å². The topological polar surface area (TPSA) is 21.3 Å². The first-order chi connectivity index (χ1) is 7.77. The highest BCUT2D eigenvalue weighted by Crippen LogP contribution is 2.18. The number of hydrogen-bond acceptors (Lipinski definition) is 2. The Morgan fingerprint density at radius 2 is 1.88 bits per heavy atom. The number of ether oxygens (including phenoxy) is 1. The van der Waals surface area contributed by atoms with E-state index in [0.29, 0.717) is 6.10 Å². The highest BCUT2D eigenvalue weighted by molar-refractivity contribution is 5.16. The minimum Gasteiger partial charge on any atom is -0.369 e. The third kappa shape index (κ3) is 4.33. The minimum atomic E-state index is 0.171. The van der Waals surface area contributed by atoms with Crippen molar-refractivity contribution in [3.05, 3.63) is 35.9 Å². The number of rotatable bonds is 7. The van der Waals surface area contributed by atoms with Crippen LogP contribution in [0.4, 0.5) is 0 Å². The Kier molecular flexibility index (Phi) is 6.12. The first-order valence-electron chi connectivity index (χ1n) is 6.19. The summed E-state index contributed by atoms with van der Waals surface area (Å²) in [5.74, 6) is 0. The van der Waals surface area contributed by atoms with Crippen LogP contribution in [0.2, 0.25) is 0 Å². The summed E-state index contributed by atoms with van der Waals surface area (Å²) in [6.07, 6.45) is 1.52. The lowest BCUT2D eigenvalue weighted by Gasteiger charge is -2.22. The highest BCUT2D eigenvalue weighted by Gasteiger charge is 2.12. The molecule has 1 aromatic rings. The average molecular weight is 221 g/mol. The number of hydrogen-bond donors (Lipinski definition) is 1. The molecule has 0 aliphatic heterocycles. The fourth-order valence-corrected chi connectivity index (χ4v) is 1.69. The summed E-state index contributed by atoms with van der Waals surface area (Å²) in [5, 5.41) is 3.33. The van der Waals surface area contributed by atoms with Crippen molar-refractivity contribution in [2.24, 2.45) is 0 Å². The summed E-state index contributed by atoms with van der Waals surface area (Å²) in [7, 11) is 0. The maximum Gasteiger partial charge on any atom is 0.0801 e. The zero-order valence-electron chi connectivity index (χ0n) is 10.6. The van der Waals surface area contributed by atoms with Crippen LogP contribution < -0.4 is 5.32 Å². The van der Waals surface area contributed by atoms with Gasteiger partial charge in [-0.3, -0.25) is 0 Å². The molecule has 16 heavy (non-hydrogen) atoms. The third-order valence-electron chi connectivity index (χ3n) is 2.74. The maximum atomic E-state index is 6.03. The van der Waals surface area contributed by atoms with Crippen molar-refractivity contribution in [3.63, 3.8) is 0 Å². The normalized spacial score (nSPS) is 14.7. The van der Waals surface area contributed by atoms with Crippen LogP contribution in [-0.2, 0) is 4.74 Å². The monoisotopic (exact) mass is 221 g/mol. The van der Waals surface area contributed by atoms with Gasteiger partial charge >= 0.3 is 0 Å². The summed E-state index contributed by atoms with van der Waals surface area (Å²) in [6, 6.07) is 10.4. The first-order valence-corrected chi connectivity index (χ1v) is 6.19. The molecular formula is C14H23NO. The zero-order valence-corrected chi connectivity index (χ0v) is 10.6. The summed E-state index contributed by atoms with van der Waals surface area (Å²) >= 11 is 0. The molecule has 2 atom stereocenters. The van der Waals surface area contributed by atoms with Gasteiger partial charge in [0, 0.05) is 6.54 Å². The van der Waals surface area contributed by atoms with E-state index in [2.05, 4.69) is 50.4 Å². The number of nitrogens with one attached hydrogen (secondary N) is 1. The van der Waals surface area contributed by atoms with Gasteiger partial charge in [-0.2, -0.15) is 0 Å². The molecule has 0 aliphatic carbocycles. The Hall–Kier alpha value is -0.860. The van der Waals surface area contributed by atoms with Gasteiger partial charge < -0.3 is 10.1 Å². The Morgan fingerprint density at radius 1 is 1.19 bits per heavy atom. The maximum absolute atomic E-state index is 6.03. The van der Waals surface area contributed by atoms with Gasteiger partial charge in [0.1, 0.15) is 0 Å². The van der Waals surface area contributed by atoms with Crippen LogP contribution in [0.3, 0.4) is 0 Å². The third-order valence-corrected chi connectivity index (χ3v) is 2.74. The van der Waals surface area contributed by atoms with E-state index in [9.17, 15) is 0 Å². The summed E-state index contributed by atoms with van der Waals surface area (Å²) in [5.41, 5.74) is 1.25. The molecule has 90 valence electrons. The van der Waals surface area contributed by atoms with Gasteiger partial charge in [0.2, 0.25) is 0 Å². The first kappa shape index (κ1) is 13.2. The molecule has 1 aromatic carbocycles. The van der Waals surface area contributed by atoms with Gasteiger partial charge in [-0.25, -0.2) is 0 Å². The molecule has 2 unspecified atom stereocenters. The van der Waals surface area contributed by atoms with Gasteiger partial charge in [-0.1, -0.05) is 44.2 Å². The number of likely N-dealkylation sites (N-methyl/N-ethyl adjacent to an activating group) is 1. The van der Waals surface area contributed by atoms with E-state index < -0.39 is 0 Å². The molecule has 0 aromatic heterocycles. The molecular weight excluding hydrogens is 198 g/mol. The van der Waals surface area contributed by atoms with Crippen LogP contribution in [0.15, 0.2) is 30.3 Å². The standard InChI is InChI=1S/C14H23NO/c1-4-14(11-15-5-2)16-12(3)13-9-7-6-8-10-13/h6-10,12,14-15H,4-5,11H2,1-3H3. The molecule has 0 amide bonds. The van der Waals surface area contributed by atoms with Gasteiger partial charge in [0.15, 0.2) is 0 Å². The van der Waals surface area contributed by atoms with Crippen molar-refractivity contribution < 1.29 is 4.74 Å². The van der Waals surface area contributed by atoms with E-state index in [1.54, 1.807) is 0 Å². The molecule has 2 heteroatoms. The Labute approximate surface area is 99.0 Å². The molecule has 0 heterocycles. The Morgan fingerprint density at radius 3 is 2.44 bits per heavy atom. The van der Waals surface area contributed by atoms with Gasteiger partial charge in [-0.15, -0.1) is 0 Å². The van der Waals surface area contributed by atoms with Crippen molar-refractivity contribution >= 4 is 0 Å². The van der Waals surface area contributed by atoms with Crippen LogP contribution in [0.1, 0.15) is 38.9 Å². The fraction of sp³-hybridized carbons (Fsp3) is 0.571. The van der Waals surface area contributed by atoms with Crippen molar-refractivity contribution in [3.8, 4) is 0 Å². The largest absolute Gasteiger partial charge is 0.369 e. The van der Waals surface area contributed by atoms with E-state index >= 15 is 0 Å².